The summed E-state index contributed by atoms with van der Waals surface area (Å²) in [5, 5.41) is 1.88. The Hall–Kier alpha value is -1.70. The molecule has 0 aliphatic heterocycles. The average molecular weight is 317 g/mol. The minimum absolute atomic E-state index is 0.174. The zero-order valence-electron chi connectivity index (χ0n) is 11.3. The van der Waals surface area contributed by atoms with Crippen molar-refractivity contribution in [1.29, 1.82) is 0 Å². The van der Waals surface area contributed by atoms with Crippen LogP contribution < -0.4 is 5.32 Å². The van der Waals surface area contributed by atoms with Gasteiger partial charge in [0.05, 0.1) is 16.8 Å². The van der Waals surface area contributed by atoms with Crippen LogP contribution in [0.5, 0.6) is 0 Å². The number of nitrogens with zero attached hydrogens (tertiary/aromatic N) is 2. The van der Waals surface area contributed by atoms with E-state index >= 15 is 0 Å². The highest BCUT2D eigenvalue weighted by Crippen LogP contribution is 2.19. The highest BCUT2D eigenvalue weighted by Gasteiger charge is 2.27. The molecule has 0 aliphatic rings. The van der Waals surface area contributed by atoms with Crippen LogP contribution >= 0.6 is 11.8 Å². The number of amides is 1. The second-order valence-corrected chi connectivity index (χ2v) is 5.29. The summed E-state index contributed by atoms with van der Waals surface area (Å²) in [6.45, 7) is -1.50. The number of carbonyl (C=O) groups is 1. The molecule has 1 N–H and O–H groups in total. The normalized spacial score (nSPS) is 11.8. The van der Waals surface area contributed by atoms with Crippen LogP contribution in [0.4, 0.5) is 13.2 Å². The zero-order chi connectivity index (χ0) is 15.5. The third kappa shape index (κ3) is 4.13. The Morgan fingerprint density at radius 1 is 1.38 bits per heavy atom. The van der Waals surface area contributed by atoms with E-state index in [9.17, 15) is 18.0 Å². The Kier molecular flexibility index (Phi) is 4.76. The Bertz CT molecular complexity index is 639. The van der Waals surface area contributed by atoms with Crippen molar-refractivity contribution in [3.8, 4) is 0 Å². The molecule has 0 unspecified atom stereocenters. The maximum Gasteiger partial charge on any atom is 0.405 e. The molecule has 0 fully saturated rings. The van der Waals surface area contributed by atoms with Crippen LogP contribution in [0, 0.1) is 0 Å². The molecular formula is C13H14F3N3OS. The van der Waals surface area contributed by atoms with E-state index in [0.29, 0.717) is 11.6 Å². The number of halogens is 3. The summed E-state index contributed by atoms with van der Waals surface area (Å²) in [5.41, 5.74) is 1.47. The van der Waals surface area contributed by atoms with E-state index in [1.807, 2.05) is 23.7 Å². The van der Waals surface area contributed by atoms with Gasteiger partial charge in [0, 0.05) is 0 Å². The number of aromatic nitrogens is 2. The fourth-order valence-corrected chi connectivity index (χ4v) is 2.42. The van der Waals surface area contributed by atoms with Crippen LogP contribution in [0.25, 0.3) is 11.0 Å². The molecule has 0 aliphatic carbocycles. The molecule has 0 radical (unpaired) electrons. The number of carbonyl (C=O) groups excluding carboxylic acids is 1. The number of imidazole rings is 1. The monoisotopic (exact) mass is 317 g/mol. The Morgan fingerprint density at radius 2 is 2.10 bits per heavy atom. The van der Waals surface area contributed by atoms with E-state index in [1.54, 1.807) is 16.7 Å². The van der Waals surface area contributed by atoms with E-state index < -0.39 is 18.6 Å². The number of alkyl halides is 3. The van der Waals surface area contributed by atoms with E-state index in [0.717, 1.165) is 11.0 Å². The van der Waals surface area contributed by atoms with E-state index in [4.69, 9.17) is 0 Å². The van der Waals surface area contributed by atoms with Crippen LogP contribution in [0.15, 0.2) is 24.3 Å². The Labute approximate surface area is 123 Å². The lowest BCUT2D eigenvalue weighted by atomic mass is 10.3. The summed E-state index contributed by atoms with van der Waals surface area (Å²) in [4.78, 5) is 16.1. The number of hydrogen-bond acceptors (Lipinski definition) is 3. The van der Waals surface area contributed by atoms with Crippen LogP contribution in [-0.4, -0.2) is 34.4 Å². The van der Waals surface area contributed by atoms with Gasteiger partial charge in [-0.25, -0.2) is 4.98 Å². The van der Waals surface area contributed by atoms with Gasteiger partial charge >= 0.3 is 6.18 Å². The predicted molar refractivity (Wildman–Crippen MR) is 76.0 cm³/mol. The van der Waals surface area contributed by atoms with Gasteiger partial charge in [-0.05, 0) is 18.4 Å². The van der Waals surface area contributed by atoms with E-state index in [1.165, 1.54) is 11.8 Å². The van der Waals surface area contributed by atoms with Crippen molar-refractivity contribution in [1.82, 2.24) is 14.9 Å². The molecule has 1 heterocycles. The van der Waals surface area contributed by atoms with Crippen LogP contribution in [0.3, 0.4) is 0 Å². The standard InChI is InChI=1S/C13H14F3N3OS/c1-21-7-11-18-9-4-2-3-5-10(9)19(11)6-12(20)17-8-13(14,15)16/h2-5H,6-8H2,1H3,(H,17,20). The number of benzene rings is 1. The van der Waals surface area contributed by atoms with Gasteiger partial charge in [-0.2, -0.15) is 24.9 Å². The fraction of sp³-hybridized carbons (Fsp3) is 0.385. The molecule has 8 heteroatoms. The maximum absolute atomic E-state index is 12.1. The first-order chi connectivity index (χ1) is 9.90. The summed E-state index contributed by atoms with van der Waals surface area (Å²) in [6.07, 6.45) is -2.51. The van der Waals surface area contributed by atoms with Gasteiger partial charge in [0.1, 0.15) is 18.9 Å². The van der Waals surface area contributed by atoms with Crippen molar-refractivity contribution < 1.29 is 18.0 Å². The van der Waals surface area contributed by atoms with Crippen LogP contribution in [0.1, 0.15) is 5.82 Å². The lowest BCUT2D eigenvalue weighted by Crippen LogP contribution is -2.36. The summed E-state index contributed by atoms with van der Waals surface area (Å²) in [7, 11) is 0. The second kappa shape index (κ2) is 6.38. The fourth-order valence-electron chi connectivity index (χ4n) is 1.94. The molecule has 0 atom stereocenters. The Morgan fingerprint density at radius 3 is 2.76 bits per heavy atom. The third-order valence-corrected chi connectivity index (χ3v) is 3.34. The maximum atomic E-state index is 12.1. The summed E-state index contributed by atoms with van der Waals surface area (Å²) in [6, 6.07) is 7.23. The topological polar surface area (TPSA) is 46.9 Å². The van der Waals surface area contributed by atoms with Crippen molar-refractivity contribution >= 4 is 28.7 Å². The van der Waals surface area contributed by atoms with Gasteiger partial charge < -0.3 is 9.88 Å². The quantitative estimate of drug-likeness (QED) is 0.922. The molecule has 21 heavy (non-hydrogen) atoms. The molecule has 2 rings (SSSR count). The highest BCUT2D eigenvalue weighted by atomic mass is 32.2. The van der Waals surface area contributed by atoms with Crippen LogP contribution in [0.2, 0.25) is 0 Å². The smallest absolute Gasteiger partial charge is 0.345 e. The van der Waals surface area contributed by atoms with Gasteiger partial charge in [0.2, 0.25) is 5.91 Å². The zero-order valence-corrected chi connectivity index (χ0v) is 12.1. The number of hydrogen-bond donors (Lipinski definition) is 1. The molecule has 0 spiro atoms. The lowest BCUT2D eigenvalue weighted by Gasteiger charge is -2.11. The first-order valence-corrected chi connectivity index (χ1v) is 7.56. The first kappa shape index (κ1) is 15.7. The minimum atomic E-state index is -4.41. The highest BCUT2D eigenvalue weighted by molar-refractivity contribution is 7.97. The first-order valence-electron chi connectivity index (χ1n) is 6.17. The van der Waals surface area contributed by atoms with Crippen molar-refractivity contribution in [2.24, 2.45) is 0 Å². The lowest BCUT2D eigenvalue weighted by molar-refractivity contribution is -0.138. The molecule has 4 nitrogen and oxygen atoms in total. The van der Waals surface area contributed by atoms with Gasteiger partial charge in [0.15, 0.2) is 0 Å². The number of nitrogens with one attached hydrogen (secondary N) is 1. The number of thioether (sulfide) groups is 1. The van der Waals surface area contributed by atoms with Crippen molar-refractivity contribution in [2.75, 3.05) is 12.8 Å². The van der Waals surface area contributed by atoms with E-state index in [-0.39, 0.29) is 6.54 Å². The third-order valence-electron chi connectivity index (χ3n) is 2.79. The summed E-state index contributed by atoms with van der Waals surface area (Å²) >= 11 is 1.53. The number of rotatable bonds is 5. The summed E-state index contributed by atoms with van der Waals surface area (Å²) in [5.74, 6) is 0.574. The molecule has 1 amide bonds. The molecule has 114 valence electrons. The van der Waals surface area contributed by atoms with Gasteiger partial charge in [-0.3, -0.25) is 4.79 Å². The average Bonchev–Trinajstić information content (AvgIpc) is 2.75. The molecule has 0 saturated carbocycles. The molecule has 0 saturated heterocycles. The van der Waals surface area contributed by atoms with Gasteiger partial charge in [-0.1, -0.05) is 12.1 Å². The molecule has 1 aromatic carbocycles. The molecular weight excluding hydrogens is 303 g/mol. The summed E-state index contributed by atoms with van der Waals surface area (Å²) < 4.78 is 38.0. The minimum Gasteiger partial charge on any atom is -0.345 e. The molecule has 0 bridgehead atoms. The SMILES string of the molecule is CSCc1nc2ccccc2n1CC(=O)NCC(F)(F)F. The number of fused-ring (bicyclic) bond motifs is 1. The molecule has 2 aromatic rings. The largest absolute Gasteiger partial charge is 0.405 e. The Balaban J connectivity index is 2.20. The predicted octanol–water partition coefficient (Wildman–Crippen LogP) is 2.58. The van der Waals surface area contributed by atoms with Crippen molar-refractivity contribution in [3.63, 3.8) is 0 Å². The van der Waals surface area contributed by atoms with Crippen molar-refractivity contribution in [2.45, 2.75) is 18.5 Å². The van der Waals surface area contributed by atoms with Gasteiger partial charge in [-0.15, -0.1) is 0 Å². The van der Waals surface area contributed by atoms with Crippen LogP contribution in [-0.2, 0) is 17.1 Å². The van der Waals surface area contributed by atoms with Crippen molar-refractivity contribution in [3.05, 3.63) is 30.1 Å². The second-order valence-electron chi connectivity index (χ2n) is 4.43. The number of para-hydroxylation sites is 2. The van der Waals surface area contributed by atoms with Gasteiger partial charge in [0.25, 0.3) is 0 Å². The molecule has 1 aromatic heterocycles. The van der Waals surface area contributed by atoms with E-state index in [2.05, 4.69) is 4.98 Å².